The average molecular weight is 205 g/mol. The molecule has 0 bridgehead atoms. The topological polar surface area (TPSA) is 58.6 Å². The van der Waals surface area contributed by atoms with Crippen molar-refractivity contribution in [1.29, 1.82) is 0 Å². The van der Waals surface area contributed by atoms with E-state index in [1.807, 2.05) is 0 Å². The second-order valence-corrected chi connectivity index (χ2v) is 2.98. The van der Waals surface area contributed by atoms with Gasteiger partial charge in [0, 0.05) is 10.6 Å². The van der Waals surface area contributed by atoms with Gasteiger partial charge in [-0.2, -0.15) is 0 Å². The number of nitrogen functional groups attached to an aromatic ring is 1. The van der Waals surface area contributed by atoms with Crippen LogP contribution in [-0.4, -0.2) is 11.4 Å². The van der Waals surface area contributed by atoms with Gasteiger partial charge in [-0.1, -0.05) is 28.4 Å². The minimum Gasteiger partial charge on any atom is -0.411 e. The molecular weight excluding hydrogens is 199 g/mol. The first kappa shape index (κ1) is 9.16. The van der Waals surface area contributed by atoms with E-state index in [1.54, 1.807) is 6.07 Å². The fourth-order valence-corrected chi connectivity index (χ4v) is 1.28. The highest BCUT2D eigenvalue weighted by atomic mass is 35.5. The van der Waals surface area contributed by atoms with Gasteiger partial charge in [0.1, 0.15) is 0 Å². The van der Waals surface area contributed by atoms with Crippen molar-refractivity contribution in [3.8, 4) is 0 Å². The molecule has 5 heteroatoms. The maximum atomic E-state index is 8.25. The third-order valence-electron chi connectivity index (χ3n) is 1.32. The maximum Gasteiger partial charge on any atom is 0.0755 e. The molecule has 0 aliphatic heterocycles. The lowest BCUT2D eigenvalue weighted by Gasteiger charge is -2.02. The van der Waals surface area contributed by atoms with Crippen LogP contribution >= 0.6 is 23.2 Å². The van der Waals surface area contributed by atoms with Crippen LogP contribution < -0.4 is 5.73 Å². The van der Waals surface area contributed by atoms with E-state index in [0.29, 0.717) is 21.3 Å². The third-order valence-corrected chi connectivity index (χ3v) is 1.85. The molecule has 0 aliphatic carbocycles. The second-order valence-electron chi connectivity index (χ2n) is 2.14. The van der Waals surface area contributed by atoms with E-state index in [9.17, 15) is 0 Å². The van der Waals surface area contributed by atoms with Crippen molar-refractivity contribution in [3.05, 3.63) is 27.7 Å². The average Bonchev–Trinajstić information content (AvgIpc) is 2.00. The van der Waals surface area contributed by atoms with Gasteiger partial charge in [-0.15, -0.1) is 0 Å². The highest BCUT2D eigenvalue weighted by Crippen LogP contribution is 2.26. The van der Waals surface area contributed by atoms with Gasteiger partial charge in [0.2, 0.25) is 0 Å². The number of oxime groups is 1. The van der Waals surface area contributed by atoms with Crippen LogP contribution in [0.5, 0.6) is 0 Å². The number of nitrogens with zero attached hydrogens (tertiary/aromatic N) is 1. The summed E-state index contributed by atoms with van der Waals surface area (Å²) in [6.07, 6.45) is 1.17. The van der Waals surface area contributed by atoms with Crippen molar-refractivity contribution in [2.45, 2.75) is 0 Å². The van der Waals surface area contributed by atoms with Crippen LogP contribution in [0.3, 0.4) is 0 Å². The van der Waals surface area contributed by atoms with E-state index in [0.717, 1.165) is 0 Å². The molecule has 0 saturated carbocycles. The Kier molecular flexibility index (Phi) is 2.78. The van der Waals surface area contributed by atoms with Crippen LogP contribution in [0.25, 0.3) is 0 Å². The number of benzene rings is 1. The molecule has 0 fully saturated rings. The van der Waals surface area contributed by atoms with E-state index < -0.39 is 0 Å². The SMILES string of the molecule is Nc1c(Cl)cc(Cl)cc1/C=N/O. The Hall–Kier alpha value is -0.930. The highest BCUT2D eigenvalue weighted by Gasteiger charge is 2.03. The number of rotatable bonds is 1. The Morgan fingerprint density at radius 2 is 2.08 bits per heavy atom. The molecule has 0 unspecified atom stereocenters. The van der Waals surface area contributed by atoms with E-state index in [1.165, 1.54) is 12.3 Å². The molecule has 12 heavy (non-hydrogen) atoms. The quantitative estimate of drug-likeness (QED) is 0.320. The Balaban J connectivity index is 3.27. The molecular formula is C7H6Cl2N2O. The predicted octanol–water partition coefficient (Wildman–Crippen LogP) is 2.38. The first-order valence-electron chi connectivity index (χ1n) is 3.07. The Morgan fingerprint density at radius 1 is 1.42 bits per heavy atom. The van der Waals surface area contributed by atoms with Gasteiger partial charge in [0.25, 0.3) is 0 Å². The standard InChI is InChI=1S/C7H6Cl2N2O/c8-5-1-4(3-11-12)7(10)6(9)2-5/h1-3,12H,10H2/b11-3+. The second kappa shape index (κ2) is 3.65. The lowest BCUT2D eigenvalue weighted by atomic mass is 10.2. The zero-order chi connectivity index (χ0) is 9.14. The van der Waals surface area contributed by atoms with Crippen LogP contribution in [0.15, 0.2) is 17.3 Å². The Labute approximate surface area is 79.4 Å². The highest BCUT2D eigenvalue weighted by molar-refractivity contribution is 6.37. The maximum absolute atomic E-state index is 8.25. The van der Waals surface area contributed by atoms with Gasteiger partial charge in [-0.25, -0.2) is 0 Å². The molecule has 0 radical (unpaired) electrons. The molecule has 0 atom stereocenters. The van der Waals surface area contributed by atoms with Crippen molar-refractivity contribution in [3.63, 3.8) is 0 Å². The first-order chi connectivity index (χ1) is 5.65. The van der Waals surface area contributed by atoms with E-state index in [2.05, 4.69) is 5.16 Å². The normalized spacial score (nSPS) is 10.8. The lowest BCUT2D eigenvalue weighted by molar-refractivity contribution is 0.322. The van der Waals surface area contributed by atoms with Crippen molar-refractivity contribution < 1.29 is 5.21 Å². The van der Waals surface area contributed by atoms with Crippen LogP contribution in [-0.2, 0) is 0 Å². The zero-order valence-electron chi connectivity index (χ0n) is 5.96. The number of hydrogen-bond donors (Lipinski definition) is 2. The zero-order valence-corrected chi connectivity index (χ0v) is 7.47. The van der Waals surface area contributed by atoms with Gasteiger partial charge in [-0.05, 0) is 12.1 Å². The van der Waals surface area contributed by atoms with E-state index >= 15 is 0 Å². The molecule has 0 amide bonds. The molecule has 1 aromatic carbocycles. The number of anilines is 1. The molecule has 3 nitrogen and oxygen atoms in total. The summed E-state index contributed by atoms with van der Waals surface area (Å²) in [4.78, 5) is 0. The van der Waals surface area contributed by atoms with Crippen LogP contribution in [0.1, 0.15) is 5.56 Å². The van der Waals surface area contributed by atoms with Crippen molar-refractivity contribution in [2.24, 2.45) is 5.16 Å². The summed E-state index contributed by atoms with van der Waals surface area (Å²) in [5.41, 5.74) is 6.39. The molecule has 0 aliphatic rings. The smallest absolute Gasteiger partial charge is 0.0755 e. The van der Waals surface area contributed by atoms with Crippen molar-refractivity contribution in [1.82, 2.24) is 0 Å². The molecule has 0 saturated heterocycles. The van der Waals surface area contributed by atoms with Gasteiger partial charge >= 0.3 is 0 Å². The van der Waals surface area contributed by atoms with Gasteiger partial charge in [0.15, 0.2) is 0 Å². The summed E-state index contributed by atoms with van der Waals surface area (Å²) in [7, 11) is 0. The van der Waals surface area contributed by atoms with Gasteiger partial charge < -0.3 is 10.9 Å². The lowest BCUT2D eigenvalue weighted by Crippen LogP contribution is -1.94. The summed E-state index contributed by atoms with van der Waals surface area (Å²) in [6.45, 7) is 0. The largest absolute Gasteiger partial charge is 0.411 e. The summed E-state index contributed by atoms with van der Waals surface area (Å²) in [5, 5.41) is 11.9. The molecule has 1 aromatic rings. The summed E-state index contributed by atoms with van der Waals surface area (Å²) in [5.74, 6) is 0. The minimum atomic E-state index is 0.345. The number of hydrogen-bond acceptors (Lipinski definition) is 3. The predicted molar refractivity (Wildman–Crippen MR) is 50.3 cm³/mol. The van der Waals surface area contributed by atoms with E-state index in [-0.39, 0.29) is 0 Å². The van der Waals surface area contributed by atoms with Gasteiger partial charge in [0.05, 0.1) is 16.9 Å². The minimum absolute atomic E-state index is 0.345. The Bertz CT molecular complexity index is 325. The summed E-state index contributed by atoms with van der Waals surface area (Å²) in [6, 6.07) is 3.08. The van der Waals surface area contributed by atoms with E-state index in [4.69, 9.17) is 34.1 Å². The molecule has 0 aromatic heterocycles. The van der Waals surface area contributed by atoms with Crippen LogP contribution in [0.2, 0.25) is 10.0 Å². The molecule has 3 N–H and O–H groups in total. The molecule has 64 valence electrons. The molecule has 0 heterocycles. The summed E-state index contributed by atoms with van der Waals surface area (Å²) < 4.78 is 0. The van der Waals surface area contributed by atoms with Crippen LogP contribution in [0, 0.1) is 0 Å². The van der Waals surface area contributed by atoms with Crippen molar-refractivity contribution in [2.75, 3.05) is 5.73 Å². The third kappa shape index (κ3) is 1.81. The fourth-order valence-electron chi connectivity index (χ4n) is 0.774. The van der Waals surface area contributed by atoms with Gasteiger partial charge in [-0.3, -0.25) is 0 Å². The monoisotopic (exact) mass is 204 g/mol. The van der Waals surface area contributed by atoms with Crippen LogP contribution in [0.4, 0.5) is 5.69 Å². The number of halogens is 2. The summed E-state index contributed by atoms with van der Waals surface area (Å²) >= 11 is 11.4. The Morgan fingerprint density at radius 3 is 2.67 bits per heavy atom. The first-order valence-corrected chi connectivity index (χ1v) is 3.82. The molecule has 0 spiro atoms. The number of nitrogens with two attached hydrogens (primary N) is 1. The van der Waals surface area contributed by atoms with Crippen molar-refractivity contribution >= 4 is 35.1 Å². The fraction of sp³-hybridized carbons (Fsp3) is 0. The molecule has 1 rings (SSSR count).